The van der Waals surface area contributed by atoms with Crippen molar-refractivity contribution in [3.63, 3.8) is 0 Å². The van der Waals surface area contributed by atoms with Gasteiger partial charge in [0, 0.05) is 5.41 Å². The van der Waals surface area contributed by atoms with E-state index in [-0.39, 0.29) is 5.41 Å². The summed E-state index contributed by atoms with van der Waals surface area (Å²) in [7, 11) is 0. The van der Waals surface area contributed by atoms with E-state index >= 15 is 0 Å². The first-order valence-corrected chi connectivity index (χ1v) is 12.6. The highest BCUT2D eigenvalue weighted by Gasteiger charge is 2.43. The molecule has 0 bridgehead atoms. The molecular formula is C34H34. The van der Waals surface area contributed by atoms with Crippen LogP contribution in [-0.4, -0.2) is 0 Å². The summed E-state index contributed by atoms with van der Waals surface area (Å²) in [5, 5.41) is 0. The minimum absolute atomic E-state index is 0.166. The fourth-order valence-electron chi connectivity index (χ4n) is 5.67. The molecule has 0 heterocycles. The summed E-state index contributed by atoms with van der Waals surface area (Å²) in [6, 6.07) is 34.4. The van der Waals surface area contributed by atoms with Crippen molar-refractivity contribution >= 4 is 0 Å². The molecule has 170 valence electrons. The Bertz CT molecular complexity index is 1310. The zero-order valence-corrected chi connectivity index (χ0v) is 20.6. The van der Waals surface area contributed by atoms with E-state index in [1.54, 1.807) is 0 Å². The molecule has 0 N–H and O–H groups in total. The zero-order valence-electron chi connectivity index (χ0n) is 20.6. The number of rotatable bonds is 7. The third-order valence-electron chi connectivity index (χ3n) is 7.85. The molecule has 0 heteroatoms. The highest BCUT2D eigenvalue weighted by molar-refractivity contribution is 5.86. The zero-order chi connectivity index (χ0) is 23.7. The summed E-state index contributed by atoms with van der Waals surface area (Å²) >= 11 is 0. The van der Waals surface area contributed by atoms with Crippen molar-refractivity contribution < 1.29 is 0 Å². The van der Waals surface area contributed by atoms with Gasteiger partial charge in [0.2, 0.25) is 0 Å². The van der Waals surface area contributed by atoms with Gasteiger partial charge in [0.1, 0.15) is 0 Å². The summed E-state index contributed by atoms with van der Waals surface area (Å²) in [6.45, 7) is 10.8. The van der Waals surface area contributed by atoms with E-state index < -0.39 is 0 Å². The predicted octanol–water partition coefficient (Wildman–Crippen LogP) is 9.46. The second-order valence-electron chi connectivity index (χ2n) is 9.84. The van der Waals surface area contributed by atoms with E-state index in [1.165, 1.54) is 56.5 Å². The molecule has 5 rings (SSSR count). The van der Waals surface area contributed by atoms with Gasteiger partial charge in [0.15, 0.2) is 0 Å². The molecule has 0 aromatic heterocycles. The molecule has 4 aromatic carbocycles. The molecule has 2 unspecified atom stereocenters. The summed E-state index contributed by atoms with van der Waals surface area (Å²) in [5.41, 5.74) is 12.0. The van der Waals surface area contributed by atoms with Crippen molar-refractivity contribution in [1.29, 1.82) is 0 Å². The molecule has 0 spiro atoms. The lowest BCUT2D eigenvalue weighted by molar-refractivity contribution is 0.580. The van der Waals surface area contributed by atoms with Crippen LogP contribution in [-0.2, 0) is 5.41 Å². The van der Waals surface area contributed by atoms with Crippen LogP contribution in [0.5, 0.6) is 0 Å². The first-order chi connectivity index (χ1) is 16.6. The minimum Gasteiger partial charge on any atom is -0.103 e. The standard InChI is InChI=1S/C34H34/c1-5-7-22-34(29-19-12-24(3)13-20-29)32-11-9-8-10-30(32)31-21-18-28(23-33(31)34)27-16-14-26(15-17-27)25(4)6-2/h5,8-21,23,25H,1,6-7,22H2,2-4H3. The van der Waals surface area contributed by atoms with E-state index in [0.29, 0.717) is 5.92 Å². The predicted molar refractivity (Wildman–Crippen MR) is 147 cm³/mol. The Kier molecular flexibility index (Phi) is 6.00. The van der Waals surface area contributed by atoms with Crippen molar-refractivity contribution in [1.82, 2.24) is 0 Å². The molecular weight excluding hydrogens is 408 g/mol. The van der Waals surface area contributed by atoms with E-state index in [9.17, 15) is 0 Å². The summed E-state index contributed by atoms with van der Waals surface area (Å²) in [6.07, 6.45) is 5.21. The van der Waals surface area contributed by atoms with E-state index in [0.717, 1.165) is 12.8 Å². The number of aryl methyl sites for hydroxylation is 1. The van der Waals surface area contributed by atoms with E-state index in [1.807, 2.05) is 0 Å². The van der Waals surface area contributed by atoms with Crippen LogP contribution < -0.4 is 0 Å². The number of hydrogen-bond donors (Lipinski definition) is 0. The molecule has 0 fully saturated rings. The third-order valence-corrected chi connectivity index (χ3v) is 7.85. The molecule has 0 saturated carbocycles. The van der Waals surface area contributed by atoms with Crippen molar-refractivity contribution in [3.8, 4) is 22.3 Å². The van der Waals surface area contributed by atoms with E-state index in [2.05, 4.69) is 124 Å². The Morgan fingerprint density at radius 3 is 2.18 bits per heavy atom. The summed E-state index contributed by atoms with van der Waals surface area (Å²) in [4.78, 5) is 0. The normalized spacial score (nSPS) is 17.1. The molecule has 0 nitrogen and oxygen atoms in total. The van der Waals surface area contributed by atoms with Crippen LogP contribution in [0.4, 0.5) is 0 Å². The monoisotopic (exact) mass is 442 g/mol. The van der Waals surface area contributed by atoms with Gasteiger partial charge in [-0.05, 0) is 82.7 Å². The average Bonchev–Trinajstić information content (AvgIpc) is 3.17. The molecule has 1 aliphatic rings. The Hall–Kier alpha value is -3.38. The maximum Gasteiger partial charge on any atom is 0.0466 e. The number of fused-ring (bicyclic) bond motifs is 3. The highest BCUT2D eigenvalue weighted by atomic mass is 14.5. The molecule has 0 radical (unpaired) electrons. The van der Waals surface area contributed by atoms with Gasteiger partial charge >= 0.3 is 0 Å². The van der Waals surface area contributed by atoms with Crippen LogP contribution >= 0.6 is 0 Å². The van der Waals surface area contributed by atoms with Crippen LogP contribution in [0, 0.1) is 6.92 Å². The van der Waals surface area contributed by atoms with Gasteiger partial charge in [-0.1, -0.05) is 110 Å². The molecule has 4 aromatic rings. The van der Waals surface area contributed by atoms with Gasteiger partial charge in [0.25, 0.3) is 0 Å². The van der Waals surface area contributed by atoms with Crippen molar-refractivity contribution in [3.05, 3.63) is 131 Å². The second-order valence-corrected chi connectivity index (χ2v) is 9.84. The van der Waals surface area contributed by atoms with Crippen LogP contribution in [0.1, 0.15) is 66.8 Å². The number of hydrogen-bond acceptors (Lipinski definition) is 0. The van der Waals surface area contributed by atoms with Crippen molar-refractivity contribution in [2.45, 2.75) is 51.4 Å². The number of benzene rings is 4. The molecule has 34 heavy (non-hydrogen) atoms. The van der Waals surface area contributed by atoms with Gasteiger partial charge in [-0.15, -0.1) is 6.58 Å². The number of allylic oxidation sites excluding steroid dienone is 1. The molecule has 1 aliphatic carbocycles. The lowest BCUT2D eigenvalue weighted by Gasteiger charge is -2.33. The fraction of sp³-hybridized carbons (Fsp3) is 0.235. The smallest absolute Gasteiger partial charge is 0.0466 e. The van der Waals surface area contributed by atoms with Crippen LogP contribution in [0.25, 0.3) is 22.3 Å². The maximum absolute atomic E-state index is 4.07. The SMILES string of the molecule is C=CCCC1(c2ccc(C)cc2)c2ccccc2-c2ccc(-c3ccc(C(C)CC)cc3)cc21. The third kappa shape index (κ3) is 3.62. The van der Waals surface area contributed by atoms with Crippen LogP contribution in [0.2, 0.25) is 0 Å². The van der Waals surface area contributed by atoms with Gasteiger partial charge in [-0.3, -0.25) is 0 Å². The van der Waals surface area contributed by atoms with E-state index in [4.69, 9.17) is 0 Å². The quantitative estimate of drug-likeness (QED) is 0.250. The highest BCUT2D eigenvalue weighted by Crippen LogP contribution is 2.55. The average molecular weight is 443 g/mol. The Morgan fingerprint density at radius 2 is 1.47 bits per heavy atom. The largest absolute Gasteiger partial charge is 0.103 e. The van der Waals surface area contributed by atoms with Gasteiger partial charge in [-0.25, -0.2) is 0 Å². The topological polar surface area (TPSA) is 0 Å². The van der Waals surface area contributed by atoms with Crippen molar-refractivity contribution in [2.24, 2.45) is 0 Å². The molecule has 0 aliphatic heterocycles. The molecule has 0 amide bonds. The Labute approximate surface area is 205 Å². The lowest BCUT2D eigenvalue weighted by atomic mass is 9.69. The summed E-state index contributed by atoms with van der Waals surface area (Å²) < 4.78 is 0. The second kappa shape index (κ2) is 9.11. The lowest BCUT2D eigenvalue weighted by Crippen LogP contribution is -2.27. The van der Waals surface area contributed by atoms with Gasteiger partial charge in [0.05, 0.1) is 0 Å². The molecule has 2 atom stereocenters. The summed E-state index contributed by atoms with van der Waals surface area (Å²) in [5.74, 6) is 0.594. The minimum atomic E-state index is -0.166. The van der Waals surface area contributed by atoms with Gasteiger partial charge < -0.3 is 0 Å². The van der Waals surface area contributed by atoms with Crippen LogP contribution in [0.3, 0.4) is 0 Å². The van der Waals surface area contributed by atoms with Gasteiger partial charge in [-0.2, -0.15) is 0 Å². The fourth-order valence-corrected chi connectivity index (χ4v) is 5.67. The first kappa shape index (κ1) is 22.4. The Balaban J connectivity index is 1.71. The Morgan fingerprint density at radius 1 is 0.794 bits per heavy atom. The molecule has 0 saturated heterocycles. The van der Waals surface area contributed by atoms with Crippen molar-refractivity contribution in [2.75, 3.05) is 0 Å². The first-order valence-electron chi connectivity index (χ1n) is 12.6. The maximum atomic E-state index is 4.07. The van der Waals surface area contributed by atoms with Crippen LogP contribution in [0.15, 0.2) is 104 Å².